The maximum absolute atomic E-state index is 13.0. The number of morpholine rings is 1. The normalized spacial score (nSPS) is 14.1. The third-order valence-electron chi connectivity index (χ3n) is 4.56. The number of nitrogens with one attached hydrogen (secondary N) is 1. The summed E-state index contributed by atoms with van der Waals surface area (Å²) in [5, 5.41) is 4.77. The molecule has 0 unspecified atom stereocenters. The lowest BCUT2D eigenvalue weighted by molar-refractivity contribution is 0.0303. The van der Waals surface area contributed by atoms with Crippen LogP contribution in [-0.4, -0.2) is 46.7 Å². The maximum atomic E-state index is 13.0. The van der Waals surface area contributed by atoms with Gasteiger partial charge in [0.15, 0.2) is 0 Å². The molecular weight excluding hydrogens is 387 g/mol. The molecule has 0 radical (unpaired) electrons. The summed E-state index contributed by atoms with van der Waals surface area (Å²) in [7, 11) is 1.93. The fourth-order valence-electron chi connectivity index (χ4n) is 3.20. The second kappa shape index (κ2) is 8.17. The molecule has 0 saturated carbocycles. The van der Waals surface area contributed by atoms with Gasteiger partial charge >= 0.3 is 0 Å². The van der Waals surface area contributed by atoms with Crippen molar-refractivity contribution >= 4 is 52.3 Å². The number of fused-ring (bicyclic) bond motifs is 1. The average molecular weight is 407 g/mol. The molecule has 0 bridgehead atoms. The van der Waals surface area contributed by atoms with Crippen molar-refractivity contribution in [2.75, 3.05) is 31.6 Å². The van der Waals surface area contributed by atoms with Crippen molar-refractivity contribution in [3.05, 3.63) is 53.3 Å². The Labute approximate surface area is 168 Å². The Kier molecular flexibility index (Phi) is 5.89. The molecular formula is C19H20Cl2N4O2. The number of ether oxygens (including phenoxy) is 1. The quantitative estimate of drug-likeness (QED) is 0.716. The summed E-state index contributed by atoms with van der Waals surface area (Å²) < 4.78 is 7.29. The van der Waals surface area contributed by atoms with Crippen molar-refractivity contribution in [3.63, 3.8) is 0 Å². The molecule has 1 fully saturated rings. The van der Waals surface area contributed by atoms with Gasteiger partial charge in [0, 0.05) is 37.9 Å². The van der Waals surface area contributed by atoms with Crippen LogP contribution in [0.5, 0.6) is 0 Å². The fourth-order valence-corrected chi connectivity index (χ4v) is 3.38. The number of para-hydroxylation sites is 1. The SMILES string of the molecule is Cl.Cn1ccc2c(Nc3ccccc3Cl)ncc(C(=O)N3CCOCC3)c21. The van der Waals surface area contributed by atoms with Crippen LogP contribution in [0.1, 0.15) is 10.4 Å². The first-order chi connectivity index (χ1) is 12.6. The summed E-state index contributed by atoms with van der Waals surface area (Å²) in [4.78, 5) is 19.3. The van der Waals surface area contributed by atoms with E-state index in [1.165, 1.54) is 0 Å². The largest absolute Gasteiger partial charge is 0.378 e. The zero-order valence-electron chi connectivity index (χ0n) is 14.8. The summed E-state index contributed by atoms with van der Waals surface area (Å²) in [5.74, 6) is 0.657. The Morgan fingerprint density at radius 1 is 1.22 bits per heavy atom. The molecule has 1 N–H and O–H groups in total. The number of pyridine rings is 1. The van der Waals surface area contributed by atoms with Gasteiger partial charge < -0.3 is 19.5 Å². The summed E-state index contributed by atoms with van der Waals surface area (Å²) in [6.07, 6.45) is 3.57. The molecule has 3 aromatic rings. The Morgan fingerprint density at radius 3 is 2.70 bits per heavy atom. The third-order valence-corrected chi connectivity index (χ3v) is 4.89. The number of hydrogen-bond acceptors (Lipinski definition) is 4. The van der Waals surface area contributed by atoms with Gasteiger partial charge in [0.2, 0.25) is 0 Å². The van der Waals surface area contributed by atoms with Gasteiger partial charge in [-0.2, -0.15) is 0 Å². The molecule has 6 nitrogen and oxygen atoms in total. The summed E-state index contributed by atoms with van der Waals surface area (Å²) >= 11 is 6.25. The molecule has 1 aliphatic heterocycles. The summed E-state index contributed by atoms with van der Waals surface area (Å²) in [6.45, 7) is 2.35. The van der Waals surface area contributed by atoms with Crippen LogP contribution in [-0.2, 0) is 11.8 Å². The van der Waals surface area contributed by atoms with Crippen molar-refractivity contribution < 1.29 is 9.53 Å². The molecule has 0 spiro atoms. The Hall–Kier alpha value is -2.28. The molecule has 1 aliphatic rings. The average Bonchev–Trinajstić information content (AvgIpc) is 3.06. The molecule has 1 amide bonds. The molecule has 27 heavy (non-hydrogen) atoms. The minimum atomic E-state index is -0.0168. The predicted octanol–water partition coefficient (Wildman–Crippen LogP) is 3.86. The van der Waals surface area contributed by atoms with Crippen LogP contribution in [0.4, 0.5) is 11.5 Å². The van der Waals surface area contributed by atoms with Crippen molar-refractivity contribution in [3.8, 4) is 0 Å². The number of benzene rings is 1. The van der Waals surface area contributed by atoms with Crippen LogP contribution < -0.4 is 5.32 Å². The van der Waals surface area contributed by atoms with E-state index in [1.54, 1.807) is 6.20 Å². The first-order valence-electron chi connectivity index (χ1n) is 8.48. The van der Waals surface area contributed by atoms with Gasteiger partial charge in [0.25, 0.3) is 5.91 Å². The van der Waals surface area contributed by atoms with Crippen LogP contribution in [0.2, 0.25) is 5.02 Å². The summed E-state index contributed by atoms with van der Waals surface area (Å²) in [6, 6.07) is 9.46. The van der Waals surface area contributed by atoms with Crippen LogP contribution >= 0.6 is 24.0 Å². The Morgan fingerprint density at radius 2 is 1.96 bits per heavy atom. The second-order valence-corrected chi connectivity index (χ2v) is 6.63. The van der Waals surface area contributed by atoms with E-state index in [9.17, 15) is 4.79 Å². The molecule has 2 aromatic heterocycles. The lowest BCUT2D eigenvalue weighted by Gasteiger charge is -2.27. The number of carbonyl (C=O) groups excluding carboxylic acids is 1. The first kappa shape index (κ1) is 19.5. The molecule has 3 heterocycles. The topological polar surface area (TPSA) is 59.4 Å². The number of aromatic nitrogens is 2. The number of amides is 1. The van der Waals surface area contributed by atoms with Gasteiger partial charge in [0.1, 0.15) is 5.82 Å². The fraction of sp³-hybridized carbons (Fsp3) is 0.263. The van der Waals surface area contributed by atoms with Crippen molar-refractivity contribution in [1.29, 1.82) is 0 Å². The van der Waals surface area contributed by atoms with E-state index in [-0.39, 0.29) is 18.3 Å². The van der Waals surface area contributed by atoms with Gasteiger partial charge in [-0.05, 0) is 18.2 Å². The predicted molar refractivity (Wildman–Crippen MR) is 109 cm³/mol. The van der Waals surface area contributed by atoms with Crippen molar-refractivity contribution in [2.45, 2.75) is 0 Å². The minimum Gasteiger partial charge on any atom is -0.378 e. The second-order valence-electron chi connectivity index (χ2n) is 6.22. The van der Waals surface area contributed by atoms with Crippen LogP contribution in [0.15, 0.2) is 42.7 Å². The maximum Gasteiger partial charge on any atom is 0.257 e. The third kappa shape index (κ3) is 3.74. The van der Waals surface area contributed by atoms with Gasteiger partial charge in [-0.3, -0.25) is 4.79 Å². The van der Waals surface area contributed by atoms with E-state index in [2.05, 4.69) is 10.3 Å². The van der Waals surface area contributed by atoms with Crippen LogP contribution in [0.3, 0.4) is 0 Å². The molecule has 0 aliphatic carbocycles. The van der Waals surface area contributed by atoms with E-state index in [4.69, 9.17) is 16.3 Å². The molecule has 4 rings (SSSR count). The summed E-state index contributed by atoms with van der Waals surface area (Å²) in [5.41, 5.74) is 2.23. The van der Waals surface area contributed by atoms with Crippen LogP contribution in [0.25, 0.3) is 10.9 Å². The highest BCUT2D eigenvalue weighted by molar-refractivity contribution is 6.33. The number of nitrogens with zero attached hydrogens (tertiary/aromatic N) is 3. The van der Waals surface area contributed by atoms with E-state index in [0.29, 0.717) is 42.7 Å². The smallest absolute Gasteiger partial charge is 0.257 e. The molecule has 8 heteroatoms. The standard InChI is InChI=1S/C19H19ClN4O2.ClH/c1-23-7-6-13-17(23)14(19(25)24-8-10-26-11-9-24)12-21-18(13)22-16-5-3-2-4-15(16)20;/h2-7,12H,8-11H2,1H3,(H,21,22);1H. The molecule has 1 saturated heterocycles. The number of carbonyl (C=O) groups is 1. The first-order valence-corrected chi connectivity index (χ1v) is 8.85. The zero-order valence-corrected chi connectivity index (χ0v) is 16.4. The number of anilines is 2. The number of aryl methyl sites for hydroxylation is 1. The van der Waals surface area contributed by atoms with E-state index >= 15 is 0 Å². The number of rotatable bonds is 3. The monoisotopic (exact) mass is 406 g/mol. The van der Waals surface area contributed by atoms with E-state index in [1.807, 2.05) is 53.0 Å². The van der Waals surface area contributed by atoms with Crippen molar-refractivity contribution in [2.24, 2.45) is 7.05 Å². The van der Waals surface area contributed by atoms with Gasteiger partial charge in [-0.15, -0.1) is 12.4 Å². The number of halogens is 2. The highest BCUT2D eigenvalue weighted by Crippen LogP contribution is 2.31. The Balaban J connectivity index is 0.00000210. The van der Waals surface area contributed by atoms with Gasteiger partial charge in [-0.25, -0.2) is 4.98 Å². The lowest BCUT2D eigenvalue weighted by Crippen LogP contribution is -2.40. The highest BCUT2D eigenvalue weighted by atomic mass is 35.5. The molecule has 0 atom stereocenters. The van der Waals surface area contributed by atoms with E-state index in [0.717, 1.165) is 16.6 Å². The van der Waals surface area contributed by atoms with Gasteiger partial charge in [-0.1, -0.05) is 23.7 Å². The Bertz CT molecular complexity index is 967. The lowest BCUT2D eigenvalue weighted by atomic mass is 10.1. The minimum absolute atomic E-state index is 0. The highest BCUT2D eigenvalue weighted by Gasteiger charge is 2.23. The molecule has 1 aromatic carbocycles. The van der Waals surface area contributed by atoms with E-state index < -0.39 is 0 Å². The van der Waals surface area contributed by atoms with Crippen molar-refractivity contribution in [1.82, 2.24) is 14.5 Å². The number of hydrogen-bond donors (Lipinski definition) is 1. The zero-order chi connectivity index (χ0) is 18.1. The van der Waals surface area contributed by atoms with Gasteiger partial charge in [0.05, 0.1) is 35.0 Å². The molecule has 142 valence electrons. The van der Waals surface area contributed by atoms with Crippen LogP contribution in [0, 0.1) is 0 Å².